The minimum Gasteiger partial charge on any atom is -0.506 e. The van der Waals surface area contributed by atoms with E-state index in [1.165, 1.54) is 35.9 Å². The summed E-state index contributed by atoms with van der Waals surface area (Å²) in [5, 5.41) is 14.5. The van der Waals surface area contributed by atoms with Crippen LogP contribution in [0.25, 0.3) is 21.3 Å². The zero-order chi connectivity index (χ0) is 18.3. The van der Waals surface area contributed by atoms with Crippen LogP contribution in [0.4, 0.5) is 15.9 Å². The van der Waals surface area contributed by atoms with E-state index in [1.54, 1.807) is 24.3 Å². The Balaban J connectivity index is 1.90. The molecule has 0 aliphatic carbocycles. The predicted molar refractivity (Wildman–Crippen MR) is 104 cm³/mol. The van der Waals surface area contributed by atoms with Crippen LogP contribution in [0.15, 0.2) is 48.8 Å². The van der Waals surface area contributed by atoms with Gasteiger partial charge < -0.3 is 10.4 Å². The van der Waals surface area contributed by atoms with Crippen molar-refractivity contribution in [2.24, 2.45) is 0 Å². The summed E-state index contributed by atoms with van der Waals surface area (Å²) in [5.74, 6) is 0.331. The number of anilines is 2. The average molecular weight is 386 g/mol. The van der Waals surface area contributed by atoms with Gasteiger partial charge in [0.2, 0.25) is 0 Å². The van der Waals surface area contributed by atoms with Gasteiger partial charge in [0.15, 0.2) is 0 Å². The van der Waals surface area contributed by atoms with Crippen molar-refractivity contribution in [3.63, 3.8) is 0 Å². The highest BCUT2D eigenvalue weighted by Crippen LogP contribution is 2.41. The fourth-order valence-electron chi connectivity index (χ4n) is 2.84. The molecule has 0 aliphatic heterocycles. The van der Waals surface area contributed by atoms with E-state index < -0.39 is 0 Å². The van der Waals surface area contributed by atoms with Crippen LogP contribution in [0, 0.1) is 12.7 Å². The van der Waals surface area contributed by atoms with Crippen molar-refractivity contribution in [3.8, 4) is 16.9 Å². The maximum absolute atomic E-state index is 13.3. The molecule has 0 bridgehead atoms. The van der Waals surface area contributed by atoms with E-state index in [9.17, 15) is 9.50 Å². The maximum Gasteiger partial charge on any atom is 0.143 e. The molecule has 2 aromatic heterocycles. The Kier molecular flexibility index (Phi) is 4.22. The molecule has 2 heterocycles. The molecule has 0 radical (unpaired) electrons. The molecule has 0 saturated carbocycles. The van der Waals surface area contributed by atoms with Crippen molar-refractivity contribution < 1.29 is 9.50 Å². The summed E-state index contributed by atoms with van der Waals surface area (Å²) in [5.41, 5.74) is 2.27. The van der Waals surface area contributed by atoms with E-state index in [4.69, 9.17) is 11.6 Å². The van der Waals surface area contributed by atoms with Crippen LogP contribution in [0.5, 0.6) is 5.75 Å². The summed E-state index contributed by atoms with van der Waals surface area (Å²) in [6, 6.07) is 11.1. The first-order chi connectivity index (χ1) is 12.5. The smallest absolute Gasteiger partial charge is 0.143 e. The van der Waals surface area contributed by atoms with Crippen molar-refractivity contribution in [3.05, 3.63) is 64.5 Å². The molecule has 0 atom stereocenters. The SMILES string of the molecule is Cc1sc2ncnc(Nc3cc(Cl)ccc3O)c2c1-c1ccc(F)cc1. The third kappa shape index (κ3) is 2.98. The van der Waals surface area contributed by atoms with E-state index in [0.717, 1.165) is 26.2 Å². The highest BCUT2D eigenvalue weighted by Gasteiger charge is 2.17. The summed E-state index contributed by atoms with van der Waals surface area (Å²) in [4.78, 5) is 10.6. The third-order valence-corrected chi connectivity index (χ3v) is 5.26. The number of thiophene rings is 1. The van der Waals surface area contributed by atoms with Crippen LogP contribution in [0.3, 0.4) is 0 Å². The van der Waals surface area contributed by atoms with Gasteiger partial charge in [-0.05, 0) is 42.8 Å². The molecular formula is C19H13ClFN3OS. The number of hydrogen-bond donors (Lipinski definition) is 2. The van der Waals surface area contributed by atoms with Gasteiger partial charge in [0, 0.05) is 15.5 Å². The number of aromatic hydroxyl groups is 1. The molecule has 0 fully saturated rings. The quantitative estimate of drug-likeness (QED) is 0.430. The number of nitrogens with zero attached hydrogens (tertiary/aromatic N) is 2. The Morgan fingerprint density at radius 3 is 2.65 bits per heavy atom. The molecule has 2 aromatic carbocycles. The predicted octanol–water partition coefficient (Wildman–Crippen LogP) is 5.91. The number of phenols is 1. The van der Waals surface area contributed by atoms with Gasteiger partial charge >= 0.3 is 0 Å². The molecule has 0 saturated heterocycles. The average Bonchev–Trinajstić information content (AvgIpc) is 2.96. The monoisotopic (exact) mass is 385 g/mol. The zero-order valence-electron chi connectivity index (χ0n) is 13.6. The Bertz CT molecular complexity index is 1110. The lowest BCUT2D eigenvalue weighted by molar-refractivity contribution is 0.478. The van der Waals surface area contributed by atoms with Crippen molar-refractivity contribution in [1.29, 1.82) is 0 Å². The van der Waals surface area contributed by atoms with Gasteiger partial charge in [-0.15, -0.1) is 11.3 Å². The molecule has 2 N–H and O–H groups in total. The van der Waals surface area contributed by atoms with Crippen LogP contribution in [0.1, 0.15) is 4.88 Å². The Morgan fingerprint density at radius 2 is 1.88 bits per heavy atom. The first-order valence-corrected chi connectivity index (χ1v) is 8.98. The van der Waals surface area contributed by atoms with Gasteiger partial charge in [-0.1, -0.05) is 23.7 Å². The number of nitrogens with one attached hydrogen (secondary N) is 1. The van der Waals surface area contributed by atoms with Crippen LogP contribution < -0.4 is 5.32 Å². The van der Waals surface area contributed by atoms with Gasteiger partial charge in [0.05, 0.1) is 11.1 Å². The summed E-state index contributed by atoms with van der Waals surface area (Å²) >= 11 is 7.57. The maximum atomic E-state index is 13.3. The van der Waals surface area contributed by atoms with E-state index in [2.05, 4.69) is 15.3 Å². The van der Waals surface area contributed by atoms with Crippen molar-refractivity contribution >= 4 is 44.7 Å². The molecule has 0 unspecified atom stereocenters. The highest BCUT2D eigenvalue weighted by atomic mass is 35.5. The normalized spacial score (nSPS) is 11.0. The fourth-order valence-corrected chi connectivity index (χ4v) is 4.02. The van der Waals surface area contributed by atoms with Gasteiger partial charge in [-0.25, -0.2) is 14.4 Å². The molecule has 130 valence electrons. The second-order valence-electron chi connectivity index (χ2n) is 5.73. The van der Waals surface area contributed by atoms with Gasteiger partial charge in [-0.2, -0.15) is 0 Å². The number of aryl methyl sites for hydroxylation is 1. The second kappa shape index (κ2) is 6.55. The summed E-state index contributed by atoms with van der Waals surface area (Å²) in [7, 11) is 0. The molecule has 0 amide bonds. The molecule has 4 nitrogen and oxygen atoms in total. The van der Waals surface area contributed by atoms with E-state index >= 15 is 0 Å². The minimum absolute atomic E-state index is 0.0662. The van der Waals surface area contributed by atoms with Gasteiger partial charge in [0.1, 0.15) is 28.5 Å². The van der Waals surface area contributed by atoms with Crippen molar-refractivity contribution in [1.82, 2.24) is 9.97 Å². The molecule has 0 aliphatic rings. The molecule has 4 rings (SSSR count). The highest BCUT2D eigenvalue weighted by molar-refractivity contribution is 7.19. The number of fused-ring (bicyclic) bond motifs is 1. The first-order valence-electron chi connectivity index (χ1n) is 7.78. The number of aromatic nitrogens is 2. The fraction of sp³-hybridized carbons (Fsp3) is 0.0526. The summed E-state index contributed by atoms with van der Waals surface area (Å²) in [6.45, 7) is 1.99. The van der Waals surface area contributed by atoms with Crippen LogP contribution >= 0.6 is 22.9 Å². The van der Waals surface area contributed by atoms with E-state index in [0.29, 0.717) is 16.5 Å². The van der Waals surface area contributed by atoms with Gasteiger partial charge in [0.25, 0.3) is 0 Å². The van der Waals surface area contributed by atoms with Crippen molar-refractivity contribution in [2.45, 2.75) is 6.92 Å². The van der Waals surface area contributed by atoms with E-state index in [1.807, 2.05) is 6.92 Å². The number of benzene rings is 2. The molecule has 0 spiro atoms. The third-order valence-electron chi connectivity index (χ3n) is 4.01. The minimum atomic E-state index is -0.288. The standard InChI is InChI=1S/C19H13ClFN3OS/c1-10-16(11-2-5-13(21)6-3-11)17-18(22-9-23-19(17)26-10)24-14-8-12(20)4-7-15(14)25/h2-9,25H,1H3,(H,22,23,24). The lowest BCUT2D eigenvalue weighted by Crippen LogP contribution is -1.96. The van der Waals surface area contributed by atoms with E-state index in [-0.39, 0.29) is 11.6 Å². The molecule has 4 aromatic rings. The van der Waals surface area contributed by atoms with Crippen LogP contribution in [0.2, 0.25) is 5.02 Å². The topological polar surface area (TPSA) is 58.0 Å². The lowest BCUT2D eigenvalue weighted by atomic mass is 10.0. The Morgan fingerprint density at radius 1 is 1.12 bits per heavy atom. The Hall–Kier alpha value is -2.70. The summed E-state index contributed by atoms with van der Waals surface area (Å²) in [6.07, 6.45) is 1.47. The number of rotatable bonds is 3. The summed E-state index contributed by atoms with van der Waals surface area (Å²) < 4.78 is 13.3. The Labute approximate surface area is 157 Å². The van der Waals surface area contributed by atoms with Crippen molar-refractivity contribution in [2.75, 3.05) is 5.32 Å². The van der Waals surface area contributed by atoms with Gasteiger partial charge in [-0.3, -0.25) is 0 Å². The molecule has 7 heteroatoms. The van der Waals surface area contributed by atoms with Crippen LogP contribution in [-0.2, 0) is 0 Å². The first kappa shape index (κ1) is 16.8. The number of hydrogen-bond acceptors (Lipinski definition) is 5. The molecule has 26 heavy (non-hydrogen) atoms. The number of phenolic OH excluding ortho intramolecular Hbond substituents is 1. The largest absolute Gasteiger partial charge is 0.506 e. The zero-order valence-corrected chi connectivity index (χ0v) is 15.2. The second-order valence-corrected chi connectivity index (χ2v) is 7.37. The lowest BCUT2D eigenvalue weighted by Gasteiger charge is -2.10. The molecular weight excluding hydrogens is 373 g/mol. The number of halogens is 2. The van der Waals surface area contributed by atoms with Crippen LogP contribution in [-0.4, -0.2) is 15.1 Å².